The number of unbranched alkanes of at least 4 members (excludes halogenated alkanes) is 1. The van der Waals surface area contributed by atoms with Gasteiger partial charge in [-0.3, -0.25) is 4.99 Å². The number of aryl methyl sites for hydroxylation is 1. The second-order valence-corrected chi connectivity index (χ2v) is 6.80. The van der Waals surface area contributed by atoms with Gasteiger partial charge in [0, 0.05) is 50.4 Å². The Hall–Kier alpha value is -1.42. The Balaban J connectivity index is 0.00000338. The SMILES string of the molecule is CCc1cnc(CCNC(=NC)NCCCCNc2ccccn2)s1.I. The van der Waals surface area contributed by atoms with E-state index in [-0.39, 0.29) is 24.0 Å². The van der Waals surface area contributed by atoms with Crippen LogP contribution in [-0.2, 0) is 12.8 Å². The number of hydrogen-bond acceptors (Lipinski definition) is 5. The largest absolute Gasteiger partial charge is 0.370 e. The summed E-state index contributed by atoms with van der Waals surface area (Å²) in [6.07, 6.45) is 7.93. The third-order valence-corrected chi connectivity index (χ3v) is 4.87. The number of hydrogen-bond donors (Lipinski definition) is 3. The summed E-state index contributed by atoms with van der Waals surface area (Å²) in [5.74, 6) is 1.78. The summed E-state index contributed by atoms with van der Waals surface area (Å²) in [6, 6.07) is 5.89. The van der Waals surface area contributed by atoms with Gasteiger partial charge >= 0.3 is 0 Å². The van der Waals surface area contributed by atoms with Gasteiger partial charge in [-0.25, -0.2) is 9.97 Å². The number of nitrogens with one attached hydrogen (secondary N) is 3. The zero-order chi connectivity index (χ0) is 17.7. The number of anilines is 1. The summed E-state index contributed by atoms with van der Waals surface area (Å²) >= 11 is 1.79. The van der Waals surface area contributed by atoms with Crippen LogP contribution in [0.5, 0.6) is 0 Å². The molecule has 0 saturated heterocycles. The molecule has 0 aromatic carbocycles. The molecule has 144 valence electrons. The van der Waals surface area contributed by atoms with Crippen LogP contribution in [0.1, 0.15) is 29.7 Å². The lowest BCUT2D eigenvalue weighted by atomic mass is 10.3. The molecule has 0 saturated carbocycles. The van der Waals surface area contributed by atoms with Crippen molar-refractivity contribution >= 4 is 47.1 Å². The van der Waals surface area contributed by atoms with E-state index in [9.17, 15) is 0 Å². The number of aromatic nitrogens is 2. The molecule has 0 atom stereocenters. The zero-order valence-electron chi connectivity index (χ0n) is 15.5. The van der Waals surface area contributed by atoms with E-state index in [2.05, 4.69) is 37.8 Å². The highest BCUT2D eigenvalue weighted by Gasteiger charge is 2.02. The number of thiazole rings is 1. The molecule has 2 rings (SSSR count). The van der Waals surface area contributed by atoms with Crippen LogP contribution in [0.4, 0.5) is 5.82 Å². The molecule has 3 N–H and O–H groups in total. The van der Waals surface area contributed by atoms with Gasteiger partial charge in [-0.1, -0.05) is 13.0 Å². The molecule has 0 aliphatic rings. The third kappa shape index (κ3) is 8.79. The van der Waals surface area contributed by atoms with Crippen LogP contribution >= 0.6 is 35.3 Å². The molecule has 0 spiro atoms. The van der Waals surface area contributed by atoms with Crippen molar-refractivity contribution in [3.63, 3.8) is 0 Å². The second-order valence-electron chi connectivity index (χ2n) is 5.60. The lowest BCUT2D eigenvalue weighted by molar-refractivity contribution is 0.710. The van der Waals surface area contributed by atoms with Crippen molar-refractivity contribution < 1.29 is 0 Å². The van der Waals surface area contributed by atoms with Crippen molar-refractivity contribution in [1.29, 1.82) is 0 Å². The normalized spacial score (nSPS) is 10.9. The van der Waals surface area contributed by atoms with Crippen LogP contribution in [0.25, 0.3) is 0 Å². The smallest absolute Gasteiger partial charge is 0.190 e. The molecule has 0 aliphatic carbocycles. The first kappa shape index (κ1) is 22.6. The van der Waals surface area contributed by atoms with Gasteiger partial charge in [0.2, 0.25) is 0 Å². The molecule has 0 aliphatic heterocycles. The van der Waals surface area contributed by atoms with Gasteiger partial charge in [0.1, 0.15) is 5.82 Å². The summed E-state index contributed by atoms with van der Waals surface area (Å²) in [6.45, 7) is 4.83. The van der Waals surface area contributed by atoms with Gasteiger partial charge in [0.05, 0.1) is 5.01 Å². The monoisotopic (exact) mass is 488 g/mol. The maximum absolute atomic E-state index is 4.44. The lowest BCUT2D eigenvalue weighted by Gasteiger charge is -2.11. The molecule has 2 aromatic heterocycles. The quantitative estimate of drug-likeness (QED) is 0.207. The Morgan fingerprint density at radius 1 is 1.12 bits per heavy atom. The van der Waals surface area contributed by atoms with E-state index in [0.29, 0.717) is 0 Å². The van der Waals surface area contributed by atoms with Gasteiger partial charge < -0.3 is 16.0 Å². The minimum atomic E-state index is 0. The average Bonchev–Trinajstić information content (AvgIpc) is 3.12. The minimum Gasteiger partial charge on any atom is -0.370 e. The highest BCUT2D eigenvalue weighted by molar-refractivity contribution is 14.0. The molecule has 0 bridgehead atoms. The molecular formula is C18H29IN6S. The molecule has 8 heteroatoms. The van der Waals surface area contributed by atoms with E-state index < -0.39 is 0 Å². The molecular weight excluding hydrogens is 459 g/mol. The Morgan fingerprint density at radius 2 is 1.92 bits per heavy atom. The summed E-state index contributed by atoms with van der Waals surface area (Å²) in [5.41, 5.74) is 0. The lowest BCUT2D eigenvalue weighted by Crippen LogP contribution is -2.38. The molecule has 0 fully saturated rings. The van der Waals surface area contributed by atoms with Crippen molar-refractivity contribution in [2.45, 2.75) is 32.6 Å². The number of rotatable bonds is 10. The second kappa shape index (κ2) is 13.7. The van der Waals surface area contributed by atoms with Crippen molar-refractivity contribution in [2.24, 2.45) is 4.99 Å². The summed E-state index contributed by atoms with van der Waals surface area (Å²) in [5, 5.41) is 11.2. The third-order valence-electron chi connectivity index (χ3n) is 3.67. The van der Waals surface area contributed by atoms with Gasteiger partial charge in [-0.05, 0) is 31.4 Å². The van der Waals surface area contributed by atoms with Crippen LogP contribution in [0.2, 0.25) is 0 Å². The first-order valence-corrected chi connectivity index (χ1v) is 9.66. The fourth-order valence-corrected chi connectivity index (χ4v) is 3.14. The zero-order valence-corrected chi connectivity index (χ0v) is 18.6. The van der Waals surface area contributed by atoms with Crippen LogP contribution in [-0.4, -0.2) is 42.6 Å². The fourth-order valence-electron chi connectivity index (χ4n) is 2.28. The Bertz CT molecular complexity index is 632. The maximum atomic E-state index is 4.44. The Labute approximate surface area is 177 Å². The fraction of sp³-hybridized carbons (Fsp3) is 0.500. The molecule has 0 unspecified atom stereocenters. The van der Waals surface area contributed by atoms with Gasteiger partial charge in [0.25, 0.3) is 0 Å². The van der Waals surface area contributed by atoms with E-state index in [1.807, 2.05) is 24.4 Å². The molecule has 0 radical (unpaired) electrons. The average molecular weight is 488 g/mol. The minimum absolute atomic E-state index is 0. The van der Waals surface area contributed by atoms with E-state index in [0.717, 1.165) is 57.1 Å². The summed E-state index contributed by atoms with van der Waals surface area (Å²) < 4.78 is 0. The number of nitrogens with zero attached hydrogens (tertiary/aromatic N) is 3. The molecule has 2 aromatic rings. The van der Waals surface area contributed by atoms with Crippen LogP contribution < -0.4 is 16.0 Å². The van der Waals surface area contributed by atoms with Gasteiger partial charge in [-0.2, -0.15) is 0 Å². The molecule has 26 heavy (non-hydrogen) atoms. The number of guanidine groups is 1. The molecule has 0 amide bonds. The van der Waals surface area contributed by atoms with E-state index in [1.54, 1.807) is 24.6 Å². The van der Waals surface area contributed by atoms with Gasteiger partial charge in [-0.15, -0.1) is 35.3 Å². The highest BCUT2D eigenvalue weighted by atomic mass is 127. The predicted molar refractivity (Wildman–Crippen MR) is 122 cm³/mol. The topological polar surface area (TPSA) is 74.2 Å². The van der Waals surface area contributed by atoms with E-state index in [1.165, 1.54) is 9.88 Å². The van der Waals surface area contributed by atoms with Gasteiger partial charge in [0.15, 0.2) is 5.96 Å². The first-order chi connectivity index (χ1) is 12.3. The predicted octanol–water partition coefficient (Wildman–Crippen LogP) is 3.32. The Kier molecular flexibility index (Phi) is 12.0. The van der Waals surface area contributed by atoms with Crippen LogP contribution in [0, 0.1) is 0 Å². The van der Waals surface area contributed by atoms with Crippen molar-refractivity contribution in [2.75, 3.05) is 32.0 Å². The standard InChI is InChI=1S/C18H28N6S.HI/c1-3-15-14-24-17(25-15)9-13-23-18(19-2)22-12-7-6-11-21-16-8-4-5-10-20-16;/h4-5,8,10,14H,3,6-7,9,11-13H2,1-2H3,(H,20,21)(H2,19,22,23);1H. The summed E-state index contributed by atoms with van der Waals surface area (Å²) in [7, 11) is 1.80. The van der Waals surface area contributed by atoms with Crippen LogP contribution in [0.15, 0.2) is 35.6 Å². The number of halogens is 1. The maximum Gasteiger partial charge on any atom is 0.190 e. The highest BCUT2D eigenvalue weighted by Crippen LogP contribution is 2.13. The van der Waals surface area contributed by atoms with Crippen molar-refractivity contribution in [3.8, 4) is 0 Å². The molecule has 6 nitrogen and oxygen atoms in total. The summed E-state index contributed by atoms with van der Waals surface area (Å²) in [4.78, 5) is 14.3. The van der Waals surface area contributed by atoms with Crippen LogP contribution in [0.3, 0.4) is 0 Å². The van der Waals surface area contributed by atoms with E-state index in [4.69, 9.17) is 0 Å². The number of pyridine rings is 1. The number of aliphatic imine (C=N–C) groups is 1. The van der Waals surface area contributed by atoms with E-state index >= 15 is 0 Å². The van der Waals surface area contributed by atoms with Crippen molar-refractivity contribution in [1.82, 2.24) is 20.6 Å². The molecule has 2 heterocycles. The van der Waals surface area contributed by atoms with Crippen molar-refractivity contribution in [3.05, 3.63) is 40.5 Å². The Morgan fingerprint density at radius 3 is 2.62 bits per heavy atom. The first-order valence-electron chi connectivity index (χ1n) is 8.84.